The zero-order chi connectivity index (χ0) is 13.9. The molecule has 0 aromatic heterocycles. The molecule has 0 saturated carbocycles. The second-order valence-corrected chi connectivity index (χ2v) is 5.38. The van der Waals surface area contributed by atoms with Gasteiger partial charge < -0.3 is 15.7 Å². The van der Waals surface area contributed by atoms with Crippen molar-refractivity contribution in [2.45, 2.75) is 12.0 Å². The number of anilines is 1. The van der Waals surface area contributed by atoms with E-state index in [0.29, 0.717) is 23.6 Å². The number of urea groups is 1. The van der Waals surface area contributed by atoms with Crippen molar-refractivity contribution < 1.29 is 19.1 Å². The number of carboxylic acids is 1. The number of hydrogen-bond donors (Lipinski definition) is 3. The topological polar surface area (TPSA) is 78.4 Å². The van der Waals surface area contributed by atoms with Crippen LogP contribution in [0.2, 0.25) is 0 Å². The molecule has 1 fully saturated rings. The summed E-state index contributed by atoms with van der Waals surface area (Å²) in [5.74, 6) is -0.394. The molecule has 19 heavy (non-hydrogen) atoms. The Morgan fingerprint density at radius 1 is 1.32 bits per heavy atom. The van der Waals surface area contributed by atoms with Gasteiger partial charge in [0.15, 0.2) is 0 Å². The molecule has 2 rings (SSSR count). The Balaban J connectivity index is 2.00. The Morgan fingerprint density at radius 2 is 2.00 bits per heavy atom. The normalized spacial score (nSPS) is 21.9. The summed E-state index contributed by atoms with van der Waals surface area (Å²) in [5, 5.41) is 14.2. The molecule has 0 bridgehead atoms. The molecule has 102 valence electrons. The van der Waals surface area contributed by atoms with Crippen LogP contribution in [0.4, 0.5) is 14.9 Å². The third-order valence-electron chi connectivity index (χ3n) is 2.89. The fraction of sp³-hybridized carbons (Fsp3) is 0.333. The van der Waals surface area contributed by atoms with Crippen LogP contribution >= 0.6 is 11.8 Å². The third-order valence-corrected chi connectivity index (χ3v) is 4.08. The molecule has 1 aliphatic heterocycles. The number of aliphatic carboxylic acids is 1. The summed E-state index contributed by atoms with van der Waals surface area (Å²) in [6.07, 6.45) is 0.393. The Morgan fingerprint density at radius 3 is 2.53 bits per heavy atom. The van der Waals surface area contributed by atoms with E-state index in [9.17, 15) is 19.1 Å². The minimum Gasteiger partial charge on any atom is -0.479 e. The maximum atomic E-state index is 12.7. The van der Waals surface area contributed by atoms with Gasteiger partial charge in [0.05, 0.1) is 0 Å². The van der Waals surface area contributed by atoms with E-state index in [1.54, 1.807) is 0 Å². The molecule has 1 aliphatic rings. The summed E-state index contributed by atoms with van der Waals surface area (Å²) in [4.78, 5) is 23.0. The lowest BCUT2D eigenvalue weighted by Crippen LogP contribution is -2.55. The first-order valence-electron chi connectivity index (χ1n) is 5.68. The van der Waals surface area contributed by atoms with Crippen molar-refractivity contribution in [3.63, 3.8) is 0 Å². The largest absolute Gasteiger partial charge is 0.479 e. The molecule has 7 heteroatoms. The molecule has 1 saturated heterocycles. The van der Waals surface area contributed by atoms with Crippen LogP contribution in [0.1, 0.15) is 6.42 Å². The highest BCUT2D eigenvalue weighted by Gasteiger charge is 2.43. The number of rotatable bonds is 3. The van der Waals surface area contributed by atoms with Crippen LogP contribution in [0.5, 0.6) is 0 Å². The molecule has 0 radical (unpaired) electrons. The number of carbonyl (C=O) groups excluding carboxylic acids is 1. The lowest BCUT2D eigenvalue weighted by Gasteiger charge is -2.24. The maximum absolute atomic E-state index is 12.7. The third kappa shape index (κ3) is 3.17. The Hall–Kier alpha value is -1.76. The first-order valence-corrected chi connectivity index (χ1v) is 6.83. The number of hydrogen-bond acceptors (Lipinski definition) is 3. The summed E-state index contributed by atoms with van der Waals surface area (Å²) >= 11 is 1.49. The molecular formula is C12H13FN2O3S. The zero-order valence-electron chi connectivity index (χ0n) is 9.98. The van der Waals surface area contributed by atoms with Gasteiger partial charge in [-0.15, -0.1) is 0 Å². The van der Waals surface area contributed by atoms with Gasteiger partial charge in [0.2, 0.25) is 0 Å². The number of benzene rings is 1. The standard InChI is InChI=1S/C12H13FN2O3S/c13-8-1-3-9(4-2-8)14-11(18)15-12(10(16)17)5-6-19-7-12/h1-4H,5-7H2,(H,16,17)(H2,14,15,18). The summed E-state index contributed by atoms with van der Waals surface area (Å²) in [7, 11) is 0. The van der Waals surface area contributed by atoms with Crippen LogP contribution in [0.25, 0.3) is 0 Å². The van der Waals surface area contributed by atoms with Crippen molar-refractivity contribution in [1.29, 1.82) is 0 Å². The lowest BCUT2D eigenvalue weighted by atomic mass is 10.00. The van der Waals surface area contributed by atoms with Gasteiger partial charge in [0.25, 0.3) is 0 Å². The highest BCUT2D eigenvalue weighted by atomic mass is 32.2. The van der Waals surface area contributed by atoms with Gasteiger partial charge >= 0.3 is 12.0 Å². The summed E-state index contributed by atoms with van der Waals surface area (Å²) in [6, 6.07) is 4.65. The smallest absolute Gasteiger partial charge is 0.330 e. The zero-order valence-corrected chi connectivity index (χ0v) is 10.8. The average Bonchev–Trinajstić information content (AvgIpc) is 2.82. The number of amides is 2. The van der Waals surface area contributed by atoms with Crippen molar-refractivity contribution in [3.8, 4) is 0 Å². The fourth-order valence-electron chi connectivity index (χ4n) is 1.80. The van der Waals surface area contributed by atoms with Gasteiger partial charge in [0.1, 0.15) is 11.4 Å². The summed E-state index contributed by atoms with van der Waals surface area (Å²) in [5.41, 5.74) is -0.806. The number of carboxylic acid groups (broad SMARTS) is 1. The predicted molar refractivity (Wildman–Crippen MR) is 70.9 cm³/mol. The molecule has 1 heterocycles. The predicted octanol–water partition coefficient (Wildman–Crippen LogP) is 1.91. The summed E-state index contributed by atoms with van der Waals surface area (Å²) < 4.78 is 12.7. The van der Waals surface area contributed by atoms with E-state index in [4.69, 9.17) is 0 Å². The van der Waals surface area contributed by atoms with Crippen molar-refractivity contribution in [1.82, 2.24) is 5.32 Å². The highest BCUT2D eigenvalue weighted by Crippen LogP contribution is 2.28. The highest BCUT2D eigenvalue weighted by molar-refractivity contribution is 7.99. The molecule has 2 amide bonds. The molecule has 5 nitrogen and oxygen atoms in total. The van der Waals surface area contributed by atoms with E-state index >= 15 is 0 Å². The molecule has 0 spiro atoms. The lowest BCUT2D eigenvalue weighted by molar-refractivity contribution is -0.143. The summed E-state index contributed by atoms with van der Waals surface area (Å²) in [6.45, 7) is 0. The van der Waals surface area contributed by atoms with Crippen LogP contribution in [-0.4, -0.2) is 34.2 Å². The van der Waals surface area contributed by atoms with E-state index in [1.165, 1.54) is 36.0 Å². The van der Waals surface area contributed by atoms with Gasteiger partial charge in [-0.2, -0.15) is 11.8 Å². The minimum atomic E-state index is -1.21. The van der Waals surface area contributed by atoms with Crippen molar-refractivity contribution in [3.05, 3.63) is 30.1 Å². The Bertz CT molecular complexity index is 486. The van der Waals surface area contributed by atoms with Gasteiger partial charge in [-0.1, -0.05) is 0 Å². The van der Waals surface area contributed by atoms with Crippen molar-refractivity contribution in [2.24, 2.45) is 0 Å². The Kier molecular flexibility index (Phi) is 3.94. The molecule has 1 atom stereocenters. The van der Waals surface area contributed by atoms with E-state index in [2.05, 4.69) is 10.6 Å². The molecular weight excluding hydrogens is 271 g/mol. The second-order valence-electron chi connectivity index (χ2n) is 4.28. The minimum absolute atomic E-state index is 0.346. The molecule has 0 aliphatic carbocycles. The monoisotopic (exact) mass is 284 g/mol. The molecule has 1 aromatic carbocycles. The SMILES string of the molecule is O=C(Nc1ccc(F)cc1)NC1(C(=O)O)CCSC1. The first kappa shape index (κ1) is 13.7. The maximum Gasteiger partial charge on any atom is 0.330 e. The number of thioether (sulfide) groups is 1. The van der Waals surface area contributed by atoms with E-state index < -0.39 is 23.4 Å². The Labute approximate surface area is 113 Å². The number of nitrogens with one attached hydrogen (secondary N) is 2. The van der Waals surface area contributed by atoms with Gasteiger partial charge in [-0.25, -0.2) is 14.0 Å². The van der Waals surface area contributed by atoms with Gasteiger partial charge in [-0.3, -0.25) is 0 Å². The van der Waals surface area contributed by atoms with Gasteiger partial charge in [0, 0.05) is 11.4 Å². The number of halogens is 1. The molecule has 1 aromatic rings. The van der Waals surface area contributed by atoms with Crippen LogP contribution < -0.4 is 10.6 Å². The van der Waals surface area contributed by atoms with E-state index in [-0.39, 0.29) is 0 Å². The van der Waals surface area contributed by atoms with Crippen LogP contribution in [0.3, 0.4) is 0 Å². The fourth-order valence-corrected chi connectivity index (χ4v) is 3.12. The quantitative estimate of drug-likeness (QED) is 0.792. The van der Waals surface area contributed by atoms with Crippen molar-refractivity contribution in [2.75, 3.05) is 16.8 Å². The van der Waals surface area contributed by atoms with Gasteiger partial charge in [-0.05, 0) is 36.4 Å². The van der Waals surface area contributed by atoms with Crippen LogP contribution in [-0.2, 0) is 4.79 Å². The van der Waals surface area contributed by atoms with E-state index in [0.717, 1.165) is 0 Å². The number of carbonyl (C=O) groups is 2. The van der Waals surface area contributed by atoms with E-state index in [1.807, 2.05) is 0 Å². The van der Waals surface area contributed by atoms with Crippen LogP contribution in [0, 0.1) is 5.82 Å². The molecule has 3 N–H and O–H groups in total. The van der Waals surface area contributed by atoms with Crippen molar-refractivity contribution >= 4 is 29.4 Å². The molecule has 1 unspecified atom stereocenters. The average molecular weight is 284 g/mol. The first-order chi connectivity index (χ1) is 9.02. The van der Waals surface area contributed by atoms with Crippen LogP contribution in [0.15, 0.2) is 24.3 Å². The second kappa shape index (κ2) is 5.48.